The number of rotatable bonds is 3. The Labute approximate surface area is 106 Å². The minimum Gasteiger partial charge on any atom is -0.345 e. The van der Waals surface area contributed by atoms with Crippen LogP contribution >= 0.6 is 0 Å². The molecule has 1 aliphatic heterocycles. The minimum absolute atomic E-state index is 0.0474. The quantitative estimate of drug-likeness (QED) is 0.801. The number of carbonyl (C=O) groups is 2. The van der Waals surface area contributed by atoms with E-state index in [1.165, 1.54) is 0 Å². The van der Waals surface area contributed by atoms with Gasteiger partial charge in [0.25, 0.3) is 0 Å². The summed E-state index contributed by atoms with van der Waals surface area (Å²) in [7, 11) is 1.91. The summed E-state index contributed by atoms with van der Waals surface area (Å²) in [6.45, 7) is 4.11. The summed E-state index contributed by atoms with van der Waals surface area (Å²) in [6, 6.07) is 0. The average Bonchev–Trinajstić information content (AvgIpc) is 2.70. The van der Waals surface area contributed by atoms with Crippen LogP contribution < -0.4 is 5.32 Å². The lowest BCUT2D eigenvalue weighted by atomic mass is 9.98. The van der Waals surface area contributed by atoms with Crippen molar-refractivity contribution in [3.05, 3.63) is 18.2 Å². The molecule has 0 atom stereocenters. The van der Waals surface area contributed by atoms with E-state index in [0.29, 0.717) is 13.0 Å². The predicted molar refractivity (Wildman–Crippen MR) is 65.7 cm³/mol. The highest BCUT2D eigenvalue weighted by atomic mass is 16.2. The Morgan fingerprint density at radius 3 is 2.78 bits per heavy atom. The molecule has 0 bridgehead atoms. The molecule has 0 aliphatic carbocycles. The molecule has 18 heavy (non-hydrogen) atoms. The molecular formula is C12H18N4O2. The topological polar surface area (TPSA) is 67.2 Å². The number of aryl methyl sites for hydroxylation is 1. The Kier molecular flexibility index (Phi) is 3.11. The number of imidazole rings is 1. The number of hydrogen-bond donors (Lipinski definition) is 1. The van der Waals surface area contributed by atoms with E-state index >= 15 is 0 Å². The van der Waals surface area contributed by atoms with Crippen LogP contribution in [0.25, 0.3) is 0 Å². The number of amides is 2. The van der Waals surface area contributed by atoms with Crippen LogP contribution in [-0.2, 0) is 23.1 Å². The van der Waals surface area contributed by atoms with Gasteiger partial charge in [-0.25, -0.2) is 4.98 Å². The fourth-order valence-corrected chi connectivity index (χ4v) is 2.16. The molecule has 0 radical (unpaired) electrons. The molecule has 1 aromatic rings. The van der Waals surface area contributed by atoms with Crippen LogP contribution in [0, 0.1) is 0 Å². The van der Waals surface area contributed by atoms with Gasteiger partial charge in [-0.2, -0.15) is 0 Å². The van der Waals surface area contributed by atoms with Crippen molar-refractivity contribution in [2.45, 2.75) is 25.8 Å². The van der Waals surface area contributed by atoms with Crippen molar-refractivity contribution in [1.29, 1.82) is 0 Å². The van der Waals surface area contributed by atoms with E-state index in [9.17, 15) is 9.59 Å². The maximum absolute atomic E-state index is 11.9. The highest BCUT2D eigenvalue weighted by Crippen LogP contribution is 2.18. The van der Waals surface area contributed by atoms with Crippen LogP contribution in [0.15, 0.2) is 12.4 Å². The Bertz CT molecular complexity index is 478. The van der Waals surface area contributed by atoms with Crippen LogP contribution in [-0.4, -0.2) is 44.9 Å². The van der Waals surface area contributed by atoms with Crippen molar-refractivity contribution in [3.63, 3.8) is 0 Å². The molecule has 1 saturated heterocycles. The van der Waals surface area contributed by atoms with Crippen molar-refractivity contribution >= 4 is 11.8 Å². The molecule has 2 heterocycles. The Morgan fingerprint density at radius 2 is 2.17 bits per heavy atom. The van der Waals surface area contributed by atoms with Crippen LogP contribution in [0.4, 0.5) is 0 Å². The van der Waals surface area contributed by atoms with Gasteiger partial charge in [0.1, 0.15) is 11.4 Å². The Morgan fingerprint density at radius 1 is 1.44 bits per heavy atom. The fraction of sp³-hybridized carbons (Fsp3) is 0.583. The largest absolute Gasteiger partial charge is 0.345 e. The molecule has 0 unspecified atom stereocenters. The number of piperazine rings is 1. The normalized spacial score (nSPS) is 18.9. The van der Waals surface area contributed by atoms with E-state index < -0.39 is 5.54 Å². The molecule has 0 saturated carbocycles. The number of nitrogens with one attached hydrogen (secondary N) is 1. The zero-order valence-electron chi connectivity index (χ0n) is 10.9. The van der Waals surface area contributed by atoms with Crippen LogP contribution in [0.1, 0.15) is 19.7 Å². The van der Waals surface area contributed by atoms with Gasteiger partial charge in [0, 0.05) is 32.4 Å². The van der Waals surface area contributed by atoms with Gasteiger partial charge in [-0.15, -0.1) is 0 Å². The second-order valence-corrected chi connectivity index (χ2v) is 4.99. The molecule has 1 fully saturated rings. The van der Waals surface area contributed by atoms with Gasteiger partial charge in [0.2, 0.25) is 11.8 Å². The molecule has 1 N–H and O–H groups in total. The van der Waals surface area contributed by atoms with Crippen molar-refractivity contribution in [1.82, 2.24) is 19.8 Å². The standard InChI is InChI=1S/C12H18N4O2/c1-12(2)11(18)14-8-10(17)16(12)6-4-9-13-5-7-15(9)3/h5,7H,4,6,8H2,1-3H3,(H,14,18). The number of aromatic nitrogens is 2. The first-order valence-electron chi connectivity index (χ1n) is 5.98. The molecule has 0 spiro atoms. The Balaban J connectivity index is 2.09. The van der Waals surface area contributed by atoms with Crippen molar-refractivity contribution < 1.29 is 9.59 Å². The van der Waals surface area contributed by atoms with Crippen molar-refractivity contribution in [2.24, 2.45) is 7.05 Å². The Hall–Kier alpha value is -1.85. The highest BCUT2D eigenvalue weighted by molar-refractivity contribution is 5.97. The van der Waals surface area contributed by atoms with E-state index in [1.54, 1.807) is 24.9 Å². The summed E-state index contributed by atoms with van der Waals surface area (Å²) >= 11 is 0. The van der Waals surface area contributed by atoms with Crippen LogP contribution in [0.5, 0.6) is 0 Å². The fourth-order valence-electron chi connectivity index (χ4n) is 2.16. The van der Waals surface area contributed by atoms with Gasteiger partial charge in [-0.1, -0.05) is 0 Å². The molecule has 0 aromatic carbocycles. The lowest BCUT2D eigenvalue weighted by Gasteiger charge is -2.41. The number of hydrogen-bond acceptors (Lipinski definition) is 3. The lowest BCUT2D eigenvalue weighted by molar-refractivity contribution is -0.151. The van der Waals surface area contributed by atoms with Gasteiger partial charge in [0.15, 0.2) is 0 Å². The third-order valence-corrected chi connectivity index (χ3v) is 3.41. The van der Waals surface area contributed by atoms with Gasteiger partial charge in [0.05, 0.1) is 6.54 Å². The summed E-state index contributed by atoms with van der Waals surface area (Å²) in [5.41, 5.74) is -0.791. The predicted octanol–water partition coefficient (Wildman–Crippen LogP) is -0.300. The third kappa shape index (κ3) is 2.10. The average molecular weight is 250 g/mol. The van der Waals surface area contributed by atoms with Crippen molar-refractivity contribution in [3.8, 4) is 0 Å². The van der Waals surface area contributed by atoms with Crippen LogP contribution in [0.2, 0.25) is 0 Å². The molecule has 98 valence electrons. The number of carbonyl (C=O) groups excluding carboxylic acids is 2. The summed E-state index contributed by atoms with van der Waals surface area (Å²) in [5, 5.41) is 2.61. The smallest absolute Gasteiger partial charge is 0.245 e. The third-order valence-electron chi connectivity index (χ3n) is 3.41. The molecule has 1 aliphatic rings. The SMILES string of the molecule is Cn1ccnc1CCN1C(=O)CNC(=O)C1(C)C. The molecule has 2 amide bonds. The second-order valence-electron chi connectivity index (χ2n) is 4.99. The summed E-state index contributed by atoms with van der Waals surface area (Å²) < 4.78 is 1.92. The number of nitrogens with zero attached hydrogens (tertiary/aromatic N) is 3. The van der Waals surface area contributed by atoms with Gasteiger partial charge in [-0.05, 0) is 13.8 Å². The van der Waals surface area contributed by atoms with E-state index in [2.05, 4.69) is 10.3 Å². The van der Waals surface area contributed by atoms with Crippen molar-refractivity contribution in [2.75, 3.05) is 13.1 Å². The zero-order chi connectivity index (χ0) is 13.3. The molecular weight excluding hydrogens is 232 g/mol. The van der Waals surface area contributed by atoms with Gasteiger partial charge < -0.3 is 14.8 Å². The minimum atomic E-state index is -0.791. The zero-order valence-corrected chi connectivity index (χ0v) is 10.9. The summed E-state index contributed by atoms with van der Waals surface area (Å²) in [4.78, 5) is 29.5. The maximum atomic E-state index is 11.9. The van der Waals surface area contributed by atoms with E-state index in [1.807, 2.05) is 17.8 Å². The first-order valence-corrected chi connectivity index (χ1v) is 5.98. The monoisotopic (exact) mass is 250 g/mol. The van der Waals surface area contributed by atoms with E-state index in [-0.39, 0.29) is 18.4 Å². The maximum Gasteiger partial charge on any atom is 0.245 e. The highest BCUT2D eigenvalue weighted by Gasteiger charge is 2.41. The molecule has 2 rings (SSSR count). The first-order chi connectivity index (χ1) is 8.43. The van der Waals surface area contributed by atoms with Crippen LogP contribution in [0.3, 0.4) is 0 Å². The van der Waals surface area contributed by atoms with Gasteiger partial charge >= 0.3 is 0 Å². The van der Waals surface area contributed by atoms with Gasteiger partial charge in [-0.3, -0.25) is 9.59 Å². The summed E-state index contributed by atoms with van der Waals surface area (Å²) in [5.74, 6) is 0.750. The molecule has 1 aromatic heterocycles. The molecule has 6 heteroatoms. The van der Waals surface area contributed by atoms with E-state index in [4.69, 9.17) is 0 Å². The van der Waals surface area contributed by atoms with E-state index in [0.717, 1.165) is 5.82 Å². The lowest BCUT2D eigenvalue weighted by Crippen LogP contribution is -2.64. The first kappa shape index (κ1) is 12.6. The summed E-state index contributed by atoms with van der Waals surface area (Å²) in [6.07, 6.45) is 4.24. The second kappa shape index (κ2) is 4.44. The molecule has 6 nitrogen and oxygen atoms in total.